The van der Waals surface area contributed by atoms with Gasteiger partial charge in [-0.05, 0) is 55.3 Å². The molecule has 0 aromatic carbocycles. The Balaban J connectivity index is 2.35. The van der Waals surface area contributed by atoms with Crippen molar-refractivity contribution >= 4 is 15.9 Å². The Kier molecular flexibility index (Phi) is 2.88. The number of hydrogen-bond donors (Lipinski definition) is 0. The third-order valence-corrected chi connectivity index (χ3v) is 4.89. The second-order valence-electron chi connectivity index (χ2n) is 4.86. The van der Waals surface area contributed by atoms with Gasteiger partial charge in [0.1, 0.15) is 0 Å². The van der Waals surface area contributed by atoms with Gasteiger partial charge in [0.2, 0.25) is 0 Å². The zero-order chi connectivity index (χ0) is 10.2. The molecular formula is C13H19Br. The zero-order valence-corrected chi connectivity index (χ0v) is 10.7. The standard InChI is InChI=1S/C13H19Br/c1-3-11-6-7-12-10(9-14)5-4-8-13(11,12)2/h3,9,12H,4-8H2,1-2H3/b10-9+,11-3-/t12?,13-/m1/s1. The highest BCUT2D eigenvalue weighted by molar-refractivity contribution is 9.11. The molecule has 0 N–H and O–H groups in total. The van der Waals surface area contributed by atoms with Crippen LogP contribution >= 0.6 is 15.9 Å². The molecule has 2 aliphatic rings. The summed E-state index contributed by atoms with van der Waals surface area (Å²) in [6.45, 7) is 4.67. The van der Waals surface area contributed by atoms with E-state index in [1.54, 1.807) is 11.1 Å². The van der Waals surface area contributed by atoms with E-state index in [-0.39, 0.29) is 0 Å². The molecule has 78 valence electrons. The highest BCUT2D eigenvalue weighted by Gasteiger charge is 2.45. The molecule has 0 spiro atoms. The van der Waals surface area contributed by atoms with Crippen molar-refractivity contribution in [1.29, 1.82) is 0 Å². The van der Waals surface area contributed by atoms with Crippen LogP contribution in [0.2, 0.25) is 0 Å². The van der Waals surface area contributed by atoms with Crippen molar-refractivity contribution in [2.45, 2.75) is 46.0 Å². The number of hydrogen-bond acceptors (Lipinski definition) is 0. The third-order valence-electron chi connectivity index (χ3n) is 4.30. The minimum absolute atomic E-state index is 0.493. The van der Waals surface area contributed by atoms with E-state index >= 15 is 0 Å². The maximum Gasteiger partial charge on any atom is -0.00506 e. The Morgan fingerprint density at radius 3 is 2.86 bits per heavy atom. The molecule has 1 unspecified atom stereocenters. The molecule has 2 aliphatic carbocycles. The molecule has 2 fully saturated rings. The van der Waals surface area contributed by atoms with Gasteiger partial charge in [-0.15, -0.1) is 0 Å². The summed E-state index contributed by atoms with van der Waals surface area (Å²) in [6.07, 6.45) is 9.11. The lowest BCUT2D eigenvalue weighted by molar-refractivity contribution is 0.246. The number of fused-ring (bicyclic) bond motifs is 1. The molecule has 0 amide bonds. The molecule has 0 heterocycles. The first kappa shape index (κ1) is 10.5. The highest BCUT2D eigenvalue weighted by Crippen LogP contribution is 2.57. The van der Waals surface area contributed by atoms with Gasteiger partial charge < -0.3 is 0 Å². The fraction of sp³-hybridized carbons (Fsp3) is 0.692. The first-order chi connectivity index (χ1) is 6.72. The summed E-state index contributed by atoms with van der Waals surface area (Å²) in [5.41, 5.74) is 3.84. The van der Waals surface area contributed by atoms with Gasteiger partial charge >= 0.3 is 0 Å². The van der Waals surface area contributed by atoms with Crippen LogP contribution in [-0.2, 0) is 0 Å². The van der Waals surface area contributed by atoms with Crippen LogP contribution in [0.3, 0.4) is 0 Å². The number of halogens is 1. The molecule has 0 aliphatic heterocycles. The Morgan fingerprint density at radius 2 is 2.21 bits per heavy atom. The van der Waals surface area contributed by atoms with E-state index in [0.29, 0.717) is 5.41 Å². The molecule has 0 aromatic rings. The van der Waals surface area contributed by atoms with Crippen LogP contribution in [0.1, 0.15) is 46.0 Å². The van der Waals surface area contributed by atoms with Crippen molar-refractivity contribution in [2.75, 3.05) is 0 Å². The topological polar surface area (TPSA) is 0 Å². The molecule has 2 rings (SSSR count). The summed E-state index contributed by atoms with van der Waals surface area (Å²) in [6, 6.07) is 0. The maximum atomic E-state index is 3.53. The molecule has 0 nitrogen and oxygen atoms in total. The predicted octanol–water partition coefficient (Wildman–Crippen LogP) is 4.81. The van der Waals surface area contributed by atoms with Crippen molar-refractivity contribution in [2.24, 2.45) is 11.3 Å². The predicted molar refractivity (Wildman–Crippen MR) is 65.4 cm³/mol. The van der Waals surface area contributed by atoms with Crippen LogP contribution in [0.4, 0.5) is 0 Å². The second kappa shape index (κ2) is 3.84. The van der Waals surface area contributed by atoms with E-state index in [9.17, 15) is 0 Å². The van der Waals surface area contributed by atoms with E-state index < -0.39 is 0 Å². The minimum Gasteiger partial charge on any atom is -0.0879 e. The summed E-state index contributed by atoms with van der Waals surface area (Å²) in [4.78, 5) is 2.19. The quantitative estimate of drug-likeness (QED) is 0.545. The van der Waals surface area contributed by atoms with Gasteiger partial charge in [-0.2, -0.15) is 0 Å². The molecule has 2 saturated carbocycles. The van der Waals surface area contributed by atoms with E-state index in [1.807, 2.05) is 0 Å². The van der Waals surface area contributed by atoms with E-state index in [1.165, 1.54) is 32.1 Å². The van der Waals surface area contributed by atoms with Crippen LogP contribution in [0, 0.1) is 11.3 Å². The zero-order valence-electron chi connectivity index (χ0n) is 9.15. The summed E-state index contributed by atoms with van der Waals surface area (Å²) in [7, 11) is 0. The molecule has 0 bridgehead atoms. The summed E-state index contributed by atoms with van der Waals surface area (Å²) >= 11 is 3.53. The molecule has 0 saturated heterocycles. The highest BCUT2D eigenvalue weighted by atomic mass is 79.9. The first-order valence-corrected chi connectivity index (χ1v) is 6.58. The monoisotopic (exact) mass is 254 g/mol. The van der Waals surface area contributed by atoms with Crippen LogP contribution in [0.5, 0.6) is 0 Å². The Labute approximate surface area is 95.6 Å². The van der Waals surface area contributed by atoms with Gasteiger partial charge in [0.15, 0.2) is 0 Å². The van der Waals surface area contributed by atoms with Crippen molar-refractivity contribution in [3.05, 3.63) is 22.2 Å². The van der Waals surface area contributed by atoms with Crippen molar-refractivity contribution in [3.63, 3.8) is 0 Å². The van der Waals surface area contributed by atoms with Gasteiger partial charge in [0, 0.05) is 0 Å². The van der Waals surface area contributed by atoms with Crippen LogP contribution < -0.4 is 0 Å². The SMILES string of the molecule is C/C=C1/CCC2/C(=C/Br)CCC[C@]12C. The summed E-state index contributed by atoms with van der Waals surface area (Å²) < 4.78 is 0. The van der Waals surface area contributed by atoms with Gasteiger partial charge in [-0.25, -0.2) is 0 Å². The largest absolute Gasteiger partial charge is 0.0879 e. The number of rotatable bonds is 0. The lowest BCUT2D eigenvalue weighted by Crippen LogP contribution is -2.28. The smallest absolute Gasteiger partial charge is 0.00506 e. The molecule has 14 heavy (non-hydrogen) atoms. The first-order valence-electron chi connectivity index (χ1n) is 5.67. The normalized spacial score (nSPS) is 43.2. The van der Waals surface area contributed by atoms with Crippen LogP contribution in [0.15, 0.2) is 22.2 Å². The van der Waals surface area contributed by atoms with Crippen molar-refractivity contribution < 1.29 is 0 Å². The van der Waals surface area contributed by atoms with Gasteiger partial charge in [-0.1, -0.05) is 40.1 Å². The maximum absolute atomic E-state index is 3.53. The molecule has 0 aromatic heterocycles. The van der Waals surface area contributed by atoms with Gasteiger partial charge in [0.25, 0.3) is 0 Å². The van der Waals surface area contributed by atoms with E-state index in [0.717, 1.165) is 5.92 Å². The molecule has 1 heteroatoms. The fourth-order valence-electron chi connectivity index (χ4n) is 3.50. The minimum atomic E-state index is 0.493. The molecule has 0 radical (unpaired) electrons. The third kappa shape index (κ3) is 1.41. The molecular weight excluding hydrogens is 236 g/mol. The Bertz CT molecular complexity index is 288. The van der Waals surface area contributed by atoms with Gasteiger partial charge in [-0.3, -0.25) is 0 Å². The van der Waals surface area contributed by atoms with Gasteiger partial charge in [0.05, 0.1) is 0 Å². The van der Waals surface area contributed by atoms with Crippen LogP contribution in [-0.4, -0.2) is 0 Å². The summed E-state index contributed by atoms with van der Waals surface area (Å²) in [5, 5.41) is 0. The van der Waals surface area contributed by atoms with E-state index in [2.05, 4.69) is 40.8 Å². The Morgan fingerprint density at radius 1 is 1.43 bits per heavy atom. The average Bonchev–Trinajstić information content (AvgIpc) is 2.53. The average molecular weight is 255 g/mol. The van der Waals surface area contributed by atoms with E-state index in [4.69, 9.17) is 0 Å². The summed E-state index contributed by atoms with van der Waals surface area (Å²) in [5.74, 6) is 0.821. The second-order valence-corrected chi connectivity index (χ2v) is 5.32. The Hall–Kier alpha value is -0.0400. The lowest BCUT2D eigenvalue weighted by Gasteiger charge is -2.39. The lowest BCUT2D eigenvalue weighted by atomic mass is 9.66. The van der Waals surface area contributed by atoms with Crippen molar-refractivity contribution in [3.8, 4) is 0 Å². The fourth-order valence-corrected chi connectivity index (χ4v) is 4.04. The van der Waals surface area contributed by atoms with Crippen molar-refractivity contribution in [1.82, 2.24) is 0 Å². The number of allylic oxidation sites excluding steroid dienone is 3. The molecule has 2 atom stereocenters. The van der Waals surface area contributed by atoms with Crippen LogP contribution in [0.25, 0.3) is 0 Å².